The van der Waals surface area contributed by atoms with Gasteiger partial charge in [0.15, 0.2) is 0 Å². The number of amides is 1. The quantitative estimate of drug-likeness (QED) is 0.785. The minimum absolute atomic E-state index is 0.0176. The van der Waals surface area contributed by atoms with Gasteiger partial charge in [0.25, 0.3) is 0 Å². The molecule has 134 valence electrons. The Hall–Kier alpha value is -2.85. The molecule has 2 heterocycles. The molecule has 1 aromatic carbocycles. The number of carboxylic acid groups (broad SMARTS) is 1. The highest BCUT2D eigenvalue weighted by molar-refractivity contribution is 5.66. The summed E-state index contributed by atoms with van der Waals surface area (Å²) < 4.78 is 61.5. The van der Waals surface area contributed by atoms with Crippen LogP contribution in [0.15, 0.2) is 16.7 Å². The van der Waals surface area contributed by atoms with Crippen LogP contribution < -0.4 is 4.74 Å². The van der Waals surface area contributed by atoms with Gasteiger partial charge in [-0.1, -0.05) is 5.16 Å². The van der Waals surface area contributed by atoms with Crippen LogP contribution in [-0.4, -0.2) is 38.9 Å². The molecule has 1 aliphatic heterocycles. The summed E-state index contributed by atoms with van der Waals surface area (Å²) in [6.07, 6.45) is -6.05. The highest BCUT2D eigenvalue weighted by atomic mass is 19.4. The molecule has 0 saturated heterocycles. The van der Waals surface area contributed by atoms with E-state index < -0.39 is 35.8 Å². The van der Waals surface area contributed by atoms with Gasteiger partial charge >= 0.3 is 18.2 Å². The summed E-state index contributed by atoms with van der Waals surface area (Å²) in [5.74, 6) is -2.83. The molecule has 25 heavy (non-hydrogen) atoms. The number of hydrogen-bond donors (Lipinski definition) is 1. The number of carbonyl (C=O) groups is 1. The standard InChI is InChI=1S/C14H11F4N3O4/c1-6-5-24-10-3-7(11-19-12(25-20-11)14(16,17)18)2-9(15)8(10)4-21(6)13(22)23/h2-3,6H,4-5H2,1H3,(H,22,23). The lowest BCUT2D eigenvalue weighted by atomic mass is 10.1. The van der Waals surface area contributed by atoms with Crippen molar-refractivity contribution in [2.24, 2.45) is 0 Å². The monoisotopic (exact) mass is 361 g/mol. The Balaban J connectivity index is 2.00. The number of halogens is 4. The molecule has 1 unspecified atom stereocenters. The van der Waals surface area contributed by atoms with E-state index in [4.69, 9.17) is 4.74 Å². The molecule has 0 bridgehead atoms. The Morgan fingerprint density at radius 3 is 2.72 bits per heavy atom. The molecule has 1 N–H and O–H groups in total. The number of hydrogen-bond acceptors (Lipinski definition) is 5. The van der Waals surface area contributed by atoms with Crippen LogP contribution >= 0.6 is 0 Å². The number of nitrogens with zero attached hydrogens (tertiary/aromatic N) is 3. The first kappa shape index (κ1) is 17.0. The van der Waals surface area contributed by atoms with E-state index in [9.17, 15) is 27.5 Å². The molecule has 0 fully saturated rings. The summed E-state index contributed by atoms with van der Waals surface area (Å²) >= 11 is 0. The average molecular weight is 361 g/mol. The molecule has 0 aliphatic carbocycles. The first-order valence-corrected chi connectivity index (χ1v) is 7.03. The van der Waals surface area contributed by atoms with Crippen LogP contribution in [0.5, 0.6) is 5.75 Å². The second-order valence-electron chi connectivity index (χ2n) is 5.43. The van der Waals surface area contributed by atoms with Crippen molar-refractivity contribution in [3.8, 4) is 17.1 Å². The third-order valence-electron chi connectivity index (χ3n) is 3.67. The molecule has 1 amide bonds. The molecule has 3 rings (SSSR count). The summed E-state index contributed by atoms with van der Waals surface area (Å²) in [6.45, 7) is 1.30. The van der Waals surface area contributed by atoms with E-state index in [0.717, 1.165) is 11.0 Å². The molecule has 1 aromatic heterocycles. The summed E-state index contributed by atoms with van der Waals surface area (Å²) in [4.78, 5) is 15.4. The van der Waals surface area contributed by atoms with Gasteiger partial charge in [0, 0.05) is 11.1 Å². The van der Waals surface area contributed by atoms with Crippen LogP contribution in [0, 0.1) is 5.82 Å². The zero-order chi connectivity index (χ0) is 18.4. The van der Waals surface area contributed by atoms with Crippen LogP contribution in [0.3, 0.4) is 0 Å². The molecule has 0 radical (unpaired) electrons. The Morgan fingerprint density at radius 2 is 2.12 bits per heavy atom. The van der Waals surface area contributed by atoms with E-state index in [-0.39, 0.29) is 30.0 Å². The molecule has 1 atom stereocenters. The van der Waals surface area contributed by atoms with Crippen LogP contribution in [0.4, 0.5) is 22.4 Å². The van der Waals surface area contributed by atoms with E-state index in [0.29, 0.717) is 0 Å². The Bertz CT molecular complexity index is 821. The average Bonchev–Trinajstić information content (AvgIpc) is 2.94. The molecule has 7 nitrogen and oxygen atoms in total. The molecule has 2 aromatic rings. The smallest absolute Gasteiger partial charge is 0.471 e. The molecular formula is C14H11F4N3O4. The summed E-state index contributed by atoms with van der Waals surface area (Å²) in [5, 5.41) is 12.4. The van der Waals surface area contributed by atoms with Gasteiger partial charge < -0.3 is 14.4 Å². The van der Waals surface area contributed by atoms with Gasteiger partial charge in [-0.15, -0.1) is 0 Å². The molecule has 1 aliphatic rings. The number of alkyl halides is 3. The van der Waals surface area contributed by atoms with Crippen molar-refractivity contribution in [1.82, 2.24) is 15.0 Å². The Kier molecular flexibility index (Phi) is 4.01. The molecule has 0 saturated carbocycles. The Morgan fingerprint density at radius 1 is 1.40 bits per heavy atom. The first-order chi connectivity index (χ1) is 11.7. The van der Waals surface area contributed by atoms with Gasteiger partial charge in [-0.3, -0.25) is 4.90 Å². The Labute approximate surface area is 137 Å². The molecular weight excluding hydrogens is 350 g/mol. The highest BCUT2D eigenvalue weighted by Crippen LogP contribution is 2.34. The first-order valence-electron chi connectivity index (χ1n) is 7.03. The lowest BCUT2D eigenvalue weighted by Gasteiger charge is -2.22. The zero-order valence-corrected chi connectivity index (χ0v) is 12.7. The fraction of sp³-hybridized carbons (Fsp3) is 0.357. The third-order valence-corrected chi connectivity index (χ3v) is 3.67. The largest absolute Gasteiger partial charge is 0.491 e. The van der Waals surface area contributed by atoms with Crippen LogP contribution in [0.1, 0.15) is 18.4 Å². The summed E-state index contributed by atoms with van der Waals surface area (Å²) in [6, 6.07) is 1.62. The maximum Gasteiger partial charge on any atom is 0.471 e. The van der Waals surface area contributed by atoms with Gasteiger partial charge in [-0.05, 0) is 19.1 Å². The third kappa shape index (κ3) is 3.21. The summed E-state index contributed by atoms with van der Waals surface area (Å²) in [7, 11) is 0. The number of rotatable bonds is 1. The summed E-state index contributed by atoms with van der Waals surface area (Å²) in [5.41, 5.74) is -0.0954. The van der Waals surface area contributed by atoms with Gasteiger partial charge in [0.05, 0.1) is 12.6 Å². The molecule has 0 spiro atoms. The predicted molar refractivity (Wildman–Crippen MR) is 73.2 cm³/mol. The second kappa shape index (κ2) is 5.90. The van der Waals surface area contributed by atoms with Gasteiger partial charge in [-0.25, -0.2) is 9.18 Å². The minimum Gasteiger partial charge on any atom is -0.491 e. The normalized spacial score (nSPS) is 17.6. The fourth-order valence-corrected chi connectivity index (χ4v) is 2.36. The highest BCUT2D eigenvalue weighted by Gasteiger charge is 2.38. The number of aromatic nitrogens is 2. The lowest BCUT2D eigenvalue weighted by molar-refractivity contribution is -0.159. The second-order valence-corrected chi connectivity index (χ2v) is 5.43. The molecule has 11 heteroatoms. The van der Waals surface area contributed by atoms with Crippen molar-refractivity contribution >= 4 is 6.09 Å². The van der Waals surface area contributed by atoms with Crippen molar-refractivity contribution in [3.63, 3.8) is 0 Å². The lowest BCUT2D eigenvalue weighted by Crippen LogP contribution is -2.38. The topological polar surface area (TPSA) is 88.7 Å². The number of fused-ring (bicyclic) bond motifs is 1. The van der Waals surface area contributed by atoms with Crippen LogP contribution in [0.2, 0.25) is 0 Å². The SMILES string of the molecule is CC1COc2cc(-c3noc(C(F)(F)F)n3)cc(F)c2CN1C(=O)O. The zero-order valence-electron chi connectivity index (χ0n) is 12.7. The maximum atomic E-state index is 14.4. The van der Waals surface area contributed by atoms with E-state index in [1.165, 1.54) is 6.07 Å². The van der Waals surface area contributed by atoms with Crippen LogP contribution in [0.25, 0.3) is 11.4 Å². The van der Waals surface area contributed by atoms with Crippen molar-refractivity contribution in [2.75, 3.05) is 6.61 Å². The van der Waals surface area contributed by atoms with Crippen molar-refractivity contribution in [3.05, 3.63) is 29.4 Å². The van der Waals surface area contributed by atoms with Gasteiger partial charge in [0.1, 0.15) is 18.2 Å². The minimum atomic E-state index is -4.82. The van der Waals surface area contributed by atoms with Crippen molar-refractivity contribution in [2.45, 2.75) is 25.7 Å². The predicted octanol–water partition coefficient (Wildman–Crippen LogP) is 3.16. The van der Waals surface area contributed by atoms with E-state index >= 15 is 0 Å². The number of ether oxygens (including phenoxy) is 1. The van der Waals surface area contributed by atoms with Gasteiger partial charge in [0.2, 0.25) is 5.82 Å². The van der Waals surface area contributed by atoms with Gasteiger partial charge in [-0.2, -0.15) is 18.2 Å². The van der Waals surface area contributed by atoms with Crippen molar-refractivity contribution in [1.29, 1.82) is 0 Å². The van der Waals surface area contributed by atoms with E-state index in [2.05, 4.69) is 14.7 Å². The van der Waals surface area contributed by atoms with E-state index in [1.54, 1.807) is 6.92 Å². The fourth-order valence-electron chi connectivity index (χ4n) is 2.36. The number of benzene rings is 1. The maximum absolute atomic E-state index is 14.4. The van der Waals surface area contributed by atoms with E-state index in [1.807, 2.05) is 0 Å². The van der Waals surface area contributed by atoms with Crippen LogP contribution in [-0.2, 0) is 12.7 Å². The van der Waals surface area contributed by atoms with Crippen molar-refractivity contribution < 1.29 is 36.7 Å².